The van der Waals surface area contributed by atoms with Crippen molar-refractivity contribution in [3.05, 3.63) is 103 Å². The number of carbonyl (C=O) groups is 1. The van der Waals surface area contributed by atoms with Crippen LogP contribution in [0.15, 0.2) is 76.8 Å². The van der Waals surface area contributed by atoms with Gasteiger partial charge in [0, 0.05) is 22.2 Å². The molecule has 0 bridgehead atoms. The minimum Gasteiger partial charge on any atom is -0.488 e. The minimum atomic E-state index is -0.609. The average molecular weight is 513 g/mol. The molecular formula is C23H15BrClN3O4. The van der Waals surface area contributed by atoms with Gasteiger partial charge in [0.25, 0.3) is 11.6 Å². The van der Waals surface area contributed by atoms with Crippen molar-refractivity contribution in [2.45, 2.75) is 6.61 Å². The van der Waals surface area contributed by atoms with Crippen molar-refractivity contribution in [3.63, 3.8) is 0 Å². The number of hydrogen-bond donors (Lipinski definition) is 1. The maximum Gasteiger partial charge on any atom is 0.269 e. The number of nitriles is 1. The van der Waals surface area contributed by atoms with Crippen LogP contribution in [0.25, 0.3) is 6.08 Å². The number of carbonyl (C=O) groups excluding carboxylic acids is 1. The first-order chi connectivity index (χ1) is 15.4. The molecule has 1 amide bonds. The van der Waals surface area contributed by atoms with Gasteiger partial charge >= 0.3 is 0 Å². The van der Waals surface area contributed by atoms with E-state index in [1.807, 2.05) is 6.07 Å². The summed E-state index contributed by atoms with van der Waals surface area (Å²) >= 11 is 9.44. The minimum absolute atomic E-state index is 0.00999. The molecule has 9 heteroatoms. The van der Waals surface area contributed by atoms with E-state index in [4.69, 9.17) is 16.3 Å². The molecule has 0 aliphatic rings. The van der Waals surface area contributed by atoms with Crippen LogP contribution in [0.1, 0.15) is 11.1 Å². The Labute approximate surface area is 197 Å². The summed E-state index contributed by atoms with van der Waals surface area (Å²) in [5.41, 5.74) is 1.48. The highest BCUT2D eigenvalue weighted by molar-refractivity contribution is 9.10. The highest BCUT2D eigenvalue weighted by Gasteiger charge is 2.13. The lowest BCUT2D eigenvalue weighted by Crippen LogP contribution is -2.13. The van der Waals surface area contributed by atoms with Gasteiger partial charge in [0.15, 0.2) is 0 Å². The Kier molecular flexibility index (Phi) is 7.60. The van der Waals surface area contributed by atoms with Gasteiger partial charge in [-0.15, -0.1) is 0 Å². The number of halogens is 2. The Hall–Kier alpha value is -3.67. The van der Waals surface area contributed by atoms with E-state index in [0.717, 1.165) is 10.0 Å². The van der Waals surface area contributed by atoms with Crippen LogP contribution in [0.4, 0.5) is 11.4 Å². The third-order valence-electron chi connectivity index (χ3n) is 4.30. The zero-order chi connectivity index (χ0) is 23.1. The van der Waals surface area contributed by atoms with E-state index in [-0.39, 0.29) is 17.9 Å². The van der Waals surface area contributed by atoms with E-state index >= 15 is 0 Å². The fourth-order valence-corrected chi connectivity index (χ4v) is 3.26. The SMILES string of the molecule is N#C/C(=C\c1cc(Br)ccc1OCc1ccc([N+](=O)[O-])cc1)C(=O)Nc1ccccc1Cl. The van der Waals surface area contributed by atoms with Gasteiger partial charge in [0.1, 0.15) is 24.0 Å². The van der Waals surface area contributed by atoms with Crippen LogP contribution in [-0.2, 0) is 11.4 Å². The van der Waals surface area contributed by atoms with E-state index in [9.17, 15) is 20.2 Å². The van der Waals surface area contributed by atoms with Gasteiger partial charge in [-0.2, -0.15) is 5.26 Å². The van der Waals surface area contributed by atoms with Crippen molar-refractivity contribution in [3.8, 4) is 11.8 Å². The largest absolute Gasteiger partial charge is 0.488 e. The molecule has 0 atom stereocenters. The van der Waals surface area contributed by atoms with E-state index in [1.54, 1.807) is 54.6 Å². The number of nitro benzene ring substituents is 1. The molecule has 3 rings (SSSR count). The molecule has 0 aliphatic heterocycles. The molecule has 0 saturated carbocycles. The molecule has 0 aliphatic carbocycles. The maximum atomic E-state index is 12.6. The fraction of sp³-hybridized carbons (Fsp3) is 0.0435. The van der Waals surface area contributed by atoms with Gasteiger partial charge < -0.3 is 10.1 Å². The predicted octanol–water partition coefficient (Wildman–Crippen LogP) is 6.14. The van der Waals surface area contributed by atoms with Gasteiger partial charge in [-0.05, 0) is 54.1 Å². The van der Waals surface area contributed by atoms with Crippen molar-refractivity contribution in [1.82, 2.24) is 0 Å². The summed E-state index contributed by atoms with van der Waals surface area (Å²) in [6, 6.07) is 19.8. The number of ether oxygens (including phenoxy) is 1. The molecular weight excluding hydrogens is 498 g/mol. The molecule has 0 saturated heterocycles. The molecule has 1 N–H and O–H groups in total. The number of rotatable bonds is 7. The van der Waals surface area contributed by atoms with Crippen molar-refractivity contribution < 1.29 is 14.5 Å². The number of non-ortho nitro benzene ring substituents is 1. The normalized spacial score (nSPS) is 10.8. The first-order valence-corrected chi connectivity index (χ1v) is 10.4. The van der Waals surface area contributed by atoms with Gasteiger partial charge in [-0.1, -0.05) is 39.7 Å². The van der Waals surface area contributed by atoms with Crippen molar-refractivity contribution >= 4 is 50.9 Å². The Morgan fingerprint density at radius 1 is 1.19 bits per heavy atom. The summed E-state index contributed by atoms with van der Waals surface area (Å²) in [5, 5.41) is 23.3. The number of anilines is 1. The van der Waals surface area contributed by atoms with Gasteiger partial charge in [0.2, 0.25) is 0 Å². The van der Waals surface area contributed by atoms with E-state index in [2.05, 4.69) is 21.2 Å². The number of nitrogens with one attached hydrogen (secondary N) is 1. The summed E-state index contributed by atoms with van der Waals surface area (Å²) in [4.78, 5) is 22.9. The number of nitrogens with zero attached hydrogens (tertiary/aromatic N) is 2. The molecule has 32 heavy (non-hydrogen) atoms. The summed E-state index contributed by atoms with van der Waals surface area (Å²) in [5.74, 6) is -0.174. The molecule has 0 fully saturated rings. The lowest BCUT2D eigenvalue weighted by Gasteiger charge is -2.11. The molecule has 0 radical (unpaired) electrons. The fourth-order valence-electron chi connectivity index (χ4n) is 2.69. The lowest BCUT2D eigenvalue weighted by molar-refractivity contribution is -0.384. The Bertz CT molecular complexity index is 1240. The van der Waals surface area contributed by atoms with Gasteiger partial charge in [-0.3, -0.25) is 14.9 Å². The second kappa shape index (κ2) is 10.6. The highest BCUT2D eigenvalue weighted by atomic mass is 79.9. The second-order valence-electron chi connectivity index (χ2n) is 6.50. The molecule has 3 aromatic carbocycles. The number of para-hydroxylation sites is 1. The monoisotopic (exact) mass is 511 g/mol. The Morgan fingerprint density at radius 3 is 2.56 bits per heavy atom. The van der Waals surface area contributed by atoms with E-state index in [0.29, 0.717) is 22.0 Å². The van der Waals surface area contributed by atoms with E-state index < -0.39 is 10.8 Å². The standard InChI is InChI=1S/C23H15BrClN3O4/c24-18-7-10-22(32-14-15-5-8-19(9-6-15)28(30)31)16(12-18)11-17(13-26)23(29)27-21-4-2-1-3-20(21)25/h1-12H,14H2,(H,27,29)/b17-11+. The second-order valence-corrected chi connectivity index (χ2v) is 7.82. The van der Waals surface area contributed by atoms with Crippen molar-refractivity contribution in [1.29, 1.82) is 5.26 Å². The van der Waals surface area contributed by atoms with Crippen molar-refractivity contribution in [2.75, 3.05) is 5.32 Å². The van der Waals surface area contributed by atoms with Crippen LogP contribution >= 0.6 is 27.5 Å². The van der Waals surface area contributed by atoms with Crippen LogP contribution in [0.2, 0.25) is 5.02 Å². The first-order valence-electron chi connectivity index (χ1n) is 9.20. The van der Waals surface area contributed by atoms with Crippen molar-refractivity contribution in [2.24, 2.45) is 0 Å². The average Bonchev–Trinajstić information content (AvgIpc) is 2.78. The first kappa shape index (κ1) is 23.0. The topological polar surface area (TPSA) is 105 Å². The Balaban J connectivity index is 1.81. The molecule has 0 heterocycles. The van der Waals surface area contributed by atoms with Crippen LogP contribution in [0, 0.1) is 21.4 Å². The van der Waals surface area contributed by atoms with Gasteiger partial charge in [-0.25, -0.2) is 0 Å². The molecule has 0 aromatic heterocycles. The molecule has 160 valence electrons. The number of hydrogen-bond acceptors (Lipinski definition) is 5. The smallest absolute Gasteiger partial charge is 0.269 e. The summed E-state index contributed by atoms with van der Waals surface area (Å²) in [7, 11) is 0. The zero-order valence-corrected chi connectivity index (χ0v) is 18.8. The van der Waals surface area contributed by atoms with Crippen LogP contribution in [0.5, 0.6) is 5.75 Å². The van der Waals surface area contributed by atoms with E-state index in [1.165, 1.54) is 18.2 Å². The van der Waals surface area contributed by atoms with Crippen LogP contribution in [-0.4, -0.2) is 10.8 Å². The summed E-state index contributed by atoms with van der Waals surface area (Å²) in [6.45, 7) is 0.147. The molecule has 0 unspecified atom stereocenters. The molecule has 0 spiro atoms. The van der Waals surface area contributed by atoms with Crippen LogP contribution in [0.3, 0.4) is 0 Å². The highest BCUT2D eigenvalue weighted by Crippen LogP contribution is 2.27. The third kappa shape index (κ3) is 5.94. The summed E-state index contributed by atoms with van der Waals surface area (Å²) in [6.07, 6.45) is 1.42. The summed E-state index contributed by atoms with van der Waals surface area (Å²) < 4.78 is 6.58. The van der Waals surface area contributed by atoms with Gasteiger partial charge in [0.05, 0.1) is 15.6 Å². The lowest BCUT2D eigenvalue weighted by atomic mass is 10.1. The number of amides is 1. The molecule has 3 aromatic rings. The third-order valence-corrected chi connectivity index (χ3v) is 5.12. The predicted molar refractivity (Wildman–Crippen MR) is 125 cm³/mol. The Morgan fingerprint density at radius 2 is 1.91 bits per heavy atom. The van der Waals surface area contributed by atoms with Crippen LogP contribution < -0.4 is 10.1 Å². The molecule has 7 nitrogen and oxygen atoms in total. The number of nitro groups is 1. The zero-order valence-electron chi connectivity index (χ0n) is 16.4. The number of benzene rings is 3. The maximum absolute atomic E-state index is 12.6. The quantitative estimate of drug-likeness (QED) is 0.177.